The molecule has 0 unspecified atom stereocenters. The predicted octanol–water partition coefficient (Wildman–Crippen LogP) is -0.150. The van der Waals surface area contributed by atoms with Crippen LogP contribution < -0.4 is 5.73 Å². The van der Waals surface area contributed by atoms with Crippen molar-refractivity contribution in [2.75, 3.05) is 33.5 Å². The molecule has 1 saturated heterocycles. The smallest absolute Gasteiger partial charge is 0.174 e. The summed E-state index contributed by atoms with van der Waals surface area (Å²) in [5.74, 6) is 1.67. The van der Waals surface area contributed by atoms with Crippen LogP contribution >= 0.6 is 0 Å². The Morgan fingerprint density at radius 3 is 2.91 bits per heavy atom. The summed E-state index contributed by atoms with van der Waals surface area (Å²) in [4.78, 5) is 0. The summed E-state index contributed by atoms with van der Waals surface area (Å²) in [6.07, 6.45) is 0. The Hall–Kier alpha value is -0.740. The molecule has 0 aromatic carbocycles. The Balaban J connectivity index is 2.17. The Morgan fingerprint density at radius 1 is 1.73 bits per heavy atom. The molecule has 1 rings (SSSR count). The molecule has 11 heavy (non-hydrogen) atoms. The second-order valence-corrected chi connectivity index (χ2v) is 2.18. The van der Waals surface area contributed by atoms with Crippen LogP contribution in [0.5, 0.6) is 0 Å². The van der Waals surface area contributed by atoms with Gasteiger partial charge in [0.2, 0.25) is 0 Å². The van der Waals surface area contributed by atoms with Crippen molar-refractivity contribution in [3.8, 4) is 0 Å². The number of rotatable bonds is 5. The average Bonchev–Trinajstić information content (AvgIpc) is 2.81. The van der Waals surface area contributed by atoms with Crippen LogP contribution in [0.25, 0.3) is 0 Å². The first-order valence-electron chi connectivity index (χ1n) is 3.55. The highest BCUT2D eigenvalue weighted by Gasteiger charge is 2.20. The summed E-state index contributed by atoms with van der Waals surface area (Å²) >= 11 is 0. The lowest BCUT2D eigenvalue weighted by Gasteiger charge is -2.03. The van der Waals surface area contributed by atoms with E-state index < -0.39 is 0 Å². The second kappa shape index (κ2) is 4.20. The van der Waals surface area contributed by atoms with E-state index in [4.69, 9.17) is 19.9 Å². The van der Waals surface area contributed by atoms with Gasteiger partial charge in [0.1, 0.15) is 13.2 Å². The van der Waals surface area contributed by atoms with E-state index >= 15 is 0 Å². The molecule has 64 valence electrons. The lowest BCUT2D eigenvalue weighted by Crippen LogP contribution is -2.10. The molecule has 0 radical (unpaired) electrons. The van der Waals surface area contributed by atoms with Gasteiger partial charge in [-0.05, 0) is 0 Å². The van der Waals surface area contributed by atoms with Crippen molar-refractivity contribution >= 4 is 0 Å². The SMILES string of the molecule is CO/C(COCCN)=C1\CO1. The lowest BCUT2D eigenvalue weighted by molar-refractivity contribution is 0.117. The fourth-order valence-corrected chi connectivity index (χ4v) is 0.699. The fraction of sp³-hybridized carbons (Fsp3) is 0.714. The third-order valence-electron chi connectivity index (χ3n) is 1.34. The van der Waals surface area contributed by atoms with Crippen molar-refractivity contribution in [2.24, 2.45) is 5.73 Å². The normalized spacial score (nSPS) is 19.1. The van der Waals surface area contributed by atoms with Crippen molar-refractivity contribution < 1.29 is 14.2 Å². The van der Waals surface area contributed by atoms with Crippen LogP contribution in [0.15, 0.2) is 11.5 Å². The number of methoxy groups -OCH3 is 1. The van der Waals surface area contributed by atoms with Crippen molar-refractivity contribution in [2.45, 2.75) is 0 Å². The molecule has 2 N–H and O–H groups in total. The highest BCUT2D eigenvalue weighted by Crippen LogP contribution is 2.20. The third kappa shape index (κ3) is 2.78. The average molecular weight is 159 g/mol. The number of hydrogen-bond donors (Lipinski definition) is 1. The largest absolute Gasteiger partial charge is 0.495 e. The van der Waals surface area contributed by atoms with Gasteiger partial charge in [-0.3, -0.25) is 0 Å². The van der Waals surface area contributed by atoms with Crippen LogP contribution in [-0.2, 0) is 14.2 Å². The van der Waals surface area contributed by atoms with Gasteiger partial charge in [0.05, 0.1) is 13.7 Å². The Labute approximate surface area is 65.9 Å². The van der Waals surface area contributed by atoms with E-state index in [2.05, 4.69) is 0 Å². The van der Waals surface area contributed by atoms with E-state index in [0.717, 1.165) is 11.5 Å². The number of epoxide rings is 1. The molecular formula is C7H13NO3. The van der Waals surface area contributed by atoms with Crippen LogP contribution in [0.4, 0.5) is 0 Å². The molecule has 0 aromatic heterocycles. The summed E-state index contributed by atoms with van der Waals surface area (Å²) in [6, 6.07) is 0. The molecule has 0 bridgehead atoms. The number of hydrogen-bond acceptors (Lipinski definition) is 4. The molecule has 0 spiro atoms. The van der Waals surface area contributed by atoms with E-state index in [-0.39, 0.29) is 0 Å². The van der Waals surface area contributed by atoms with Crippen LogP contribution in [0.1, 0.15) is 0 Å². The molecule has 1 heterocycles. The minimum Gasteiger partial charge on any atom is -0.495 e. The zero-order valence-corrected chi connectivity index (χ0v) is 6.63. The molecule has 1 aliphatic rings. The molecule has 1 aliphatic heterocycles. The van der Waals surface area contributed by atoms with Gasteiger partial charge in [-0.25, -0.2) is 0 Å². The molecule has 0 amide bonds. The summed E-state index contributed by atoms with van der Waals surface area (Å²) < 4.78 is 15.1. The van der Waals surface area contributed by atoms with E-state index in [0.29, 0.717) is 26.4 Å². The second-order valence-electron chi connectivity index (χ2n) is 2.18. The minimum atomic E-state index is 0.461. The fourth-order valence-electron chi connectivity index (χ4n) is 0.699. The first-order chi connectivity index (χ1) is 5.38. The van der Waals surface area contributed by atoms with Crippen molar-refractivity contribution in [3.05, 3.63) is 11.5 Å². The molecular weight excluding hydrogens is 146 g/mol. The number of nitrogens with two attached hydrogens (primary N) is 1. The van der Waals surface area contributed by atoms with Crippen LogP contribution in [0, 0.1) is 0 Å². The van der Waals surface area contributed by atoms with Gasteiger partial charge >= 0.3 is 0 Å². The van der Waals surface area contributed by atoms with Crippen molar-refractivity contribution in [3.63, 3.8) is 0 Å². The van der Waals surface area contributed by atoms with Crippen molar-refractivity contribution in [1.82, 2.24) is 0 Å². The van der Waals surface area contributed by atoms with Gasteiger partial charge in [0, 0.05) is 6.54 Å². The van der Waals surface area contributed by atoms with E-state index in [9.17, 15) is 0 Å². The topological polar surface area (TPSA) is 57.0 Å². The minimum absolute atomic E-state index is 0.461. The monoisotopic (exact) mass is 159 g/mol. The zero-order chi connectivity index (χ0) is 8.10. The Morgan fingerprint density at radius 2 is 2.45 bits per heavy atom. The first kappa shape index (κ1) is 8.36. The number of ether oxygens (including phenoxy) is 3. The summed E-state index contributed by atoms with van der Waals surface area (Å²) in [5, 5.41) is 0. The Bertz CT molecular complexity index is 150. The highest BCUT2D eigenvalue weighted by atomic mass is 16.6. The highest BCUT2D eigenvalue weighted by molar-refractivity contribution is 5.11. The van der Waals surface area contributed by atoms with E-state index in [1.54, 1.807) is 7.11 Å². The summed E-state index contributed by atoms with van der Waals surface area (Å²) in [5.41, 5.74) is 5.23. The molecule has 4 nitrogen and oxygen atoms in total. The third-order valence-corrected chi connectivity index (χ3v) is 1.34. The van der Waals surface area contributed by atoms with Gasteiger partial charge in [0.15, 0.2) is 11.5 Å². The molecule has 0 saturated carbocycles. The van der Waals surface area contributed by atoms with Gasteiger partial charge in [-0.2, -0.15) is 0 Å². The van der Waals surface area contributed by atoms with Crippen LogP contribution in [0.3, 0.4) is 0 Å². The van der Waals surface area contributed by atoms with Gasteiger partial charge < -0.3 is 19.9 Å². The summed E-state index contributed by atoms with van der Waals surface area (Å²) in [7, 11) is 1.61. The quantitative estimate of drug-likeness (QED) is 0.344. The lowest BCUT2D eigenvalue weighted by atomic mass is 10.5. The molecule has 0 aliphatic carbocycles. The first-order valence-corrected chi connectivity index (χ1v) is 3.55. The molecule has 0 aromatic rings. The van der Waals surface area contributed by atoms with Crippen LogP contribution in [-0.4, -0.2) is 33.5 Å². The molecule has 1 fully saturated rings. The van der Waals surface area contributed by atoms with Gasteiger partial charge in [-0.1, -0.05) is 0 Å². The van der Waals surface area contributed by atoms with Crippen molar-refractivity contribution in [1.29, 1.82) is 0 Å². The van der Waals surface area contributed by atoms with E-state index in [1.807, 2.05) is 0 Å². The van der Waals surface area contributed by atoms with Gasteiger partial charge in [0.25, 0.3) is 0 Å². The maximum atomic E-state index is 5.23. The van der Waals surface area contributed by atoms with Crippen LogP contribution in [0.2, 0.25) is 0 Å². The predicted molar refractivity (Wildman–Crippen MR) is 39.9 cm³/mol. The Kier molecular flexibility index (Phi) is 3.19. The maximum Gasteiger partial charge on any atom is 0.174 e. The van der Waals surface area contributed by atoms with Gasteiger partial charge in [-0.15, -0.1) is 0 Å². The molecule has 0 atom stereocenters. The maximum absolute atomic E-state index is 5.23. The van der Waals surface area contributed by atoms with E-state index in [1.165, 1.54) is 0 Å². The zero-order valence-electron chi connectivity index (χ0n) is 6.63. The molecule has 4 heteroatoms. The standard InChI is InChI=1S/C7H13NO3/c1-9-6(7-5-11-7)4-10-3-2-8/h2-5,8H2,1H3/b7-6+. The summed E-state index contributed by atoms with van der Waals surface area (Å²) in [6.45, 7) is 2.23.